The number of nitrogens with one attached hydrogen (secondary N) is 2. The largest absolute Gasteiger partial charge is 0.481 e. The van der Waals surface area contributed by atoms with E-state index in [4.69, 9.17) is 10.2 Å². The van der Waals surface area contributed by atoms with Crippen molar-refractivity contribution in [3.8, 4) is 0 Å². The Morgan fingerprint density at radius 2 is 1.96 bits per heavy atom. The van der Waals surface area contributed by atoms with E-state index in [1.54, 1.807) is 6.07 Å². The molecule has 1 fully saturated rings. The van der Waals surface area contributed by atoms with E-state index in [1.807, 2.05) is 0 Å². The number of carboxylic acid groups (broad SMARTS) is 2. The van der Waals surface area contributed by atoms with Gasteiger partial charge in [0.1, 0.15) is 6.04 Å². The molecular weight excluding hydrogens is 364 g/mol. The summed E-state index contributed by atoms with van der Waals surface area (Å²) < 4.78 is 0. The molecule has 1 saturated heterocycles. The van der Waals surface area contributed by atoms with Crippen molar-refractivity contribution >= 4 is 46.8 Å². The third-order valence-corrected chi connectivity index (χ3v) is 4.15. The van der Waals surface area contributed by atoms with E-state index in [1.165, 1.54) is 24.3 Å². The topological polar surface area (TPSA) is 150 Å². The van der Waals surface area contributed by atoms with Crippen molar-refractivity contribution in [2.45, 2.75) is 18.9 Å². The number of thioether (sulfide) groups is 1. The molecule has 1 aliphatic heterocycles. The molecule has 0 saturated carbocycles. The Labute approximate surface area is 151 Å². The normalized spacial score (nSPS) is 16.2. The highest BCUT2D eigenvalue weighted by atomic mass is 32.2. The highest BCUT2D eigenvalue weighted by Gasteiger charge is 2.25. The van der Waals surface area contributed by atoms with Crippen molar-refractivity contribution in [3.63, 3.8) is 0 Å². The minimum atomic E-state index is -1.34. The zero-order valence-electron chi connectivity index (χ0n) is 13.2. The number of rotatable bonds is 7. The Hall–Kier alpha value is -3.14. The maximum atomic E-state index is 12.2. The fourth-order valence-corrected chi connectivity index (χ4v) is 2.79. The fraction of sp³-hybridized carbons (Fsp3) is 0.188. The second-order valence-corrected chi connectivity index (χ2v) is 6.29. The van der Waals surface area contributed by atoms with Gasteiger partial charge in [-0.1, -0.05) is 12.1 Å². The van der Waals surface area contributed by atoms with Gasteiger partial charge in [0.25, 0.3) is 17.1 Å². The minimum absolute atomic E-state index is 0.135. The Balaban J connectivity index is 2.13. The first kappa shape index (κ1) is 19.2. The summed E-state index contributed by atoms with van der Waals surface area (Å²) in [6.45, 7) is 0. The molecular formula is C16H14N2O7S. The van der Waals surface area contributed by atoms with Gasteiger partial charge in [0.05, 0.1) is 4.91 Å². The van der Waals surface area contributed by atoms with Crippen molar-refractivity contribution < 1.29 is 34.2 Å². The third-order valence-electron chi connectivity index (χ3n) is 3.34. The number of imide groups is 1. The van der Waals surface area contributed by atoms with Crippen LogP contribution in [0.4, 0.5) is 4.79 Å². The van der Waals surface area contributed by atoms with Crippen molar-refractivity contribution in [2.24, 2.45) is 0 Å². The van der Waals surface area contributed by atoms with Gasteiger partial charge in [-0.05, 0) is 42.0 Å². The van der Waals surface area contributed by atoms with E-state index in [-0.39, 0.29) is 16.9 Å². The highest BCUT2D eigenvalue weighted by molar-refractivity contribution is 8.18. The van der Waals surface area contributed by atoms with Crippen molar-refractivity contribution in [1.29, 1.82) is 0 Å². The molecule has 1 aromatic carbocycles. The van der Waals surface area contributed by atoms with Gasteiger partial charge < -0.3 is 15.5 Å². The number of carbonyl (C=O) groups is 5. The van der Waals surface area contributed by atoms with E-state index < -0.39 is 41.5 Å². The summed E-state index contributed by atoms with van der Waals surface area (Å²) >= 11 is 0.734. The standard InChI is InChI=1S/C16H14N2O7S/c19-12(20)5-4-10(15(23)24)17-13(21)9-3-1-2-8(6-9)7-11-14(22)18-16(25)26-11/h1-3,6-7,10H,4-5H2,(H,17,21)(H,19,20)(H,23,24)(H,18,22,25)/b11-7-/t10-/m1/s1. The molecule has 3 amide bonds. The summed E-state index contributed by atoms with van der Waals surface area (Å²) in [6.07, 6.45) is 0.781. The molecule has 10 heteroatoms. The van der Waals surface area contributed by atoms with Gasteiger partial charge in [-0.2, -0.15) is 0 Å². The van der Waals surface area contributed by atoms with Gasteiger partial charge in [0.2, 0.25) is 0 Å². The fourth-order valence-electron chi connectivity index (χ4n) is 2.11. The Kier molecular flexibility index (Phi) is 6.12. The zero-order chi connectivity index (χ0) is 19.3. The van der Waals surface area contributed by atoms with Crippen LogP contribution in [-0.2, 0) is 14.4 Å². The van der Waals surface area contributed by atoms with Crippen LogP contribution >= 0.6 is 11.8 Å². The average molecular weight is 378 g/mol. The number of hydrogen-bond donors (Lipinski definition) is 4. The van der Waals surface area contributed by atoms with Gasteiger partial charge in [-0.3, -0.25) is 24.5 Å². The Morgan fingerprint density at radius 1 is 1.23 bits per heavy atom. The Bertz CT molecular complexity index is 819. The first-order valence-corrected chi connectivity index (χ1v) is 8.18. The van der Waals surface area contributed by atoms with Crippen LogP contribution in [0.5, 0.6) is 0 Å². The third kappa shape index (κ3) is 5.18. The predicted octanol–water partition coefficient (Wildman–Crippen LogP) is 1.06. The van der Waals surface area contributed by atoms with E-state index in [9.17, 15) is 24.0 Å². The predicted molar refractivity (Wildman–Crippen MR) is 91.3 cm³/mol. The summed E-state index contributed by atoms with van der Waals surface area (Å²) in [6, 6.07) is 4.68. The van der Waals surface area contributed by atoms with E-state index in [0.717, 1.165) is 11.8 Å². The summed E-state index contributed by atoms with van der Waals surface area (Å²) in [5.41, 5.74) is 0.609. The summed E-state index contributed by atoms with van der Waals surface area (Å²) in [5, 5.41) is 21.6. The molecule has 0 radical (unpaired) electrons. The van der Waals surface area contributed by atoms with Gasteiger partial charge in [0.15, 0.2) is 0 Å². The summed E-state index contributed by atoms with van der Waals surface area (Å²) in [7, 11) is 0. The molecule has 1 atom stereocenters. The molecule has 0 unspecified atom stereocenters. The van der Waals surface area contributed by atoms with Crippen molar-refractivity contribution in [3.05, 3.63) is 40.3 Å². The molecule has 0 spiro atoms. The number of hydrogen-bond acceptors (Lipinski definition) is 6. The Morgan fingerprint density at radius 3 is 2.54 bits per heavy atom. The SMILES string of the molecule is O=C(O)CC[C@@H](NC(=O)c1cccc(/C=C2\SC(=O)NC2=O)c1)C(=O)O. The van der Waals surface area contributed by atoms with Crippen LogP contribution in [0, 0.1) is 0 Å². The lowest BCUT2D eigenvalue weighted by Crippen LogP contribution is -2.41. The molecule has 0 bridgehead atoms. The van der Waals surface area contributed by atoms with Crippen LogP contribution in [0.1, 0.15) is 28.8 Å². The smallest absolute Gasteiger partial charge is 0.326 e. The molecule has 1 aliphatic rings. The number of aliphatic carboxylic acids is 2. The lowest BCUT2D eigenvalue weighted by molar-refractivity contribution is -0.140. The van der Waals surface area contributed by atoms with Crippen LogP contribution < -0.4 is 10.6 Å². The van der Waals surface area contributed by atoms with Gasteiger partial charge >= 0.3 is 11.9 Å². The number of benzene rings is 1. The second kappa shape index (κ2) is 8.30. The molecule has 0 aromatic heterocycles. The van der Waals surface area contributed by atoms with Crippen LogP contribution in [0.3, 0.4) is 0 Å². The second-order valence-electron chi connectivity index (χ2n) is 5.27. The summed E-state index contributed by atoms with van der Waals surface area (Å²) in [5.74, 6) is -3.73. The number of carboxylic acids is 2. The molecule has 136 valence electrons. The van der Waals surface area contributed by atoms with Crippen LogP contribution in [0.2, 0.25) is 0 Å². The van der Waals surface area contributed by atoms with Crippen molar-refractivity contribution in [2.75, 3.05) is 0 Å². The monoisotopic (exact) mass is 378 g/mol. The van der Waals surface area contributed by atoms with Gasteiger partial charge in [-0.15, -0.1) is 0 Å². The molecule has 1 aromatic rings. The molecule has 0 aliphatic carbocycles. The molecule has 9 nitrogen and oxygen atoms in total. The molecule has 1 heterocycles. The van der Waals surface area contributed by atoms with Crippen LogP contribution in [0.25, 0.3) is 6.08 Å². The first-order chi connectivity index (χ1) is 12.3. The van der Waals surface area contributed by atoms with Gasteiger partial charge in [0, 0.05) is 12.0 Å². The molecule has 4 N–H and O–H groups in total. The molecule has 2 rings (SSSR count). The van der Waals surface area contributed by atoms with Crippen LogP contribution in [-0.4, -0.2) is 45.2 Å². The van der Waals surface area contributed by atoms with E-state index >= 15 is 0 Å². The van der Waals surface area contributed by atoms with Crippen molar-refractivity contribution in [1.82, 2.24) is 10.6 Å². The maximum absolute atomic E-state index is 12.2. The average Bonchev–Trinajstić information content (AvgIpc) is 2.88. The highest BCUT2D eigenvalue weighted by Crippen LogP contribution is 2.25. The summed E-state index contributed by atoms with van der Waals surface area (Å²) in [4.78, 5) is 56.8. The van der Waals surface area contributed by atoms with E-state index in [0.29, 0.717) is 5.56 Å². The van der Waals surface area contributed by atoms with E-state index in [2.05, 4.69) is 10.6 Å². The first-order valence-electron chi connectivity index (χ1n) is 7.36. The lowest BCUT2D eigenvalue weighted by atomic mass is 10.1. The lowest BCUT2D eigenvalue weighted by Gasteiger charge is -2.13. The quantitative estimate of drug-likeness (QED) is 0.514. The minimum Gasteiger partial charge on any atom is -0.481 e. The maximum Gasteiger partial charge on any atom is 0.326 e. The van der Waals surface area contributed by atoms with Gasteiger partial charge in [-0.25, -0.2) is 4.79 Å². The number of amides is 3. The number of carbonyl (C=O) groups excluding carboxylic acids is 3. The van der Waals surface area contributed by atoms with Crippen LogP contribution in [0.15, 0.2) is 29.2 Å². The zero-order valence-corrected chi connectivity index (χ0v) is 14.0. The molecule has 26 heavy (non-hydrogen) atoms.